The molecule has 0 saturated heterocycles. The van der Waals surface area contributed by atoms with E-state index in [0.29, 0.717) is 16.3 Å². The van der Waals surface area contributed by atoms with E-state index in [1.165, 1.54) is 0 Å². The molecule has 1 N–H and O–H groups in total. The van der Waals surface area contributed by atoms with Crippen LogP contribution in [0.25, 0.3) is 0 Å². The molecule has 2 nitrogen and oxygen atoms in total. The van der Waals surface area contributed by atoms with Gasteiger partial charge < -0.3 is 5.32 Å². The fraction of sp³-hybridized carbons (Fsp3) is 0. The van der Waals surface area contributed by atoms with Crippen LogP contribution in [0.5, 0.6) is 0 Å². The van der Waals surface area contributed by atoms with Crippen molar-refractivity contribution in [3.05, 3.63) is 60.4 Å². The van der Waals surface area contributed by atoms with E-state index < -0.39 is 0 Å². The monoisotopic (exact) mass is 465 g/mol. The first-order valence-electron chi connectivity index (χ1n) is 5.19. The highest BCUT2D eigenvalue weighted by Gasteiger charge is 2.12. The first-order chi connectivity index (χ1) is 8.97. The first kappa shape index (κ1) is 15.0. The number of carbonyl (C=O) groups is 1. The smallest absolute Gasteiger partial charge is 0.256 e. The van der Waals surface area contributed by atoms with Crippen molar-refractivity contribution in [3.8, 4) is 0 Å². The molecule has 0 aliphatic rings. The van der Waals surface area contributed by atoms with Crippen molar-refractivity contribution in [1.29, 1.82) is 0 Å². The van der Waals surface area contributed by atoms with Crippen molar-refractivity contribution in [2.75, 3.05) is 5.32 Å². The molecule has 0 radical (unpaired) electrons. The Kier molecular flexibility index (Phi) is 5.06. The molecule has 0 aliphatic carbocycles. The fourth-order valence-electron chi connectivity index (χ4n) is 1.45. The molecule has 6 heteroatoms. The highest BCUT2D eigenvalue weighted by Crippen LogP contribution is 2.28. The third kappa shape index (κ3) is 3.81. The van der Waals surface area contributed by atoms with Crippen LogP contribution in [0, 0.1) is 0 Å². The Morgan fingerprint density at radius 1 is 1.00 bits per heavy atom. The van der Waals surface area contributed by atoms with E-state index in [1.807, 2.05) is 12.1 Å². The Hall–Kier alpha value is -0.360. The van der Waals surface area contributed by atoms with Crippen LogP contribution in [0.1, 0.15) is 10.4 Å². The van der Waals surface area contributed by atoms with Gasteiger partial charge in [0.25, 0.3) is 5.91 Å². The summed E-state index contributed by atoms with van der Waals surface area (Å²) in [4.78, 5) is 12.2. The Labute approximate surface area is 140 Å². The predicted octanol–water partition coefficient (Wildman–Crippen LogP) is 5.88. The first-order valence-corrected chi connectivity index (χ1v) is 7.94. The minimum Gasteiger partial charge on any atom is -0.321 e. The van der Waals surface area contributed by atoms with Gasteiger partial charge in [-0.1, -0.05) is 27.5 Å². The van der Waals surface area contributed by atoms with E-state index in [-0.39, 0.29) is 5.91 Å². The van der Waals surface area contributed by atoms with Crippen molar-refractivity contribution in [2.24, 2.45) is 0 Å². The number of amides is 1. The van der Waals surface area contributed by atoms with E-state index in [9.17, 15) is 4.79 Å². The van der Waals surface area contributed by atoms with Gasteiger partial charge in [-0.25, -0.2) is 0 Å². The standard InChI is InChI=1S/C13H7Br3ClNO/c14-7-1-3-10(15)9(5-7)13(19)18-12-6-8(17)2-4-11(12)16/h1-6H,(H,18,19). The van der Waals surface area contributed by atoms with Gasteiger partial charge in [-0.3, -0.25) is 4.79 Å². The molecule has 1 amide bonds. The van der Waals surface area contributed by atoms with Gasteiger partial charge in [-0.05, 0) is 68.3 Å². The van der Waals surface area contributed by atoms with Gasteiger partial charge in [0, 0.05) is 18.4 Å². The largest absolute Gasteiger partial charge is 0.321 e. The molecule has 0 aliphatic heterocycles. The highest BCUT2D eigenvalue weighted by atomic mass is 79.9. The number of rotatable bonds is 2. The van der Waals surface area contributed by atoms with Crippen molar-refractivity contribution in [1.82, 2.24) is 0 Å². The van der Waals surface area contributed by atoms with Crippen LogP contribution in [0.3, 0.4) is 0 Å². The summed E-state index contributed by atoms with van der Waals surface area (Å²) in [6.07, 6.45) is 0. The lowest BCUT2D eigenvalue weighted by Crippen LogP contribution is -2.13. The average molecular weight is 468 g/mol. The third-order valence-electron chi connectivity index (χ3n) is 2.35. The van der Waals surface area contributed by atoms with Crippen LogP contribution >= 0.6 is 59.4 Å². The van der Waals surface area contributed by atoms with Crippen LogP contribution in [0.2, 0.25) is 5.02 Å². The number of hydrogen-bond donors (Lipinski definition) is 1. The molecule has 0 unspecified atom stereocenters. The number of carbonyl (C=O) groups excluding carboxylic acids is 1. The highest BCUT2D eigenvalue weighted by molar-refractivity contribution is 9.11. The second kappa shape index (κ2) is 6.39. The summed E-state index contributed by atoms with van der Waals surface area (Å²) in [6.45, 7) is 0. The van der Waals surface area contributed by atoms with Crippen LogP contribution < -0.4 is 5.32 Å². The van der Waals surface area contributed by atoms with Gasteiger partial charge in [0.15, 0.2) is 0 Å². The molecule has 0 spiro atoms. The summed E-state index contributed by atoms with van der Waals surface area (Å²) < 4.78 is 2.34. The SMILES string of the molecule is O=C(Nc1cc(Cl)ccc1Br)c1cc(Br)ccc1Br. The van der Waals surface area contributed by atoms with Crippen molar-refractivity contribution >= 4 is 71.0 Å². The molecule has 0 bridgehead atoms. The van der Waals surface area contributed by atoms with Crippen molar-refractivity contribution in [2.45, 2.75) is 0 Å². The zero-order valence-electron chi connectivity index (χ0n) is 9.38. The Morgan fingerprint density at radius 2 is 1.68 bits per heavy atom. The predicted molar refractivity (Wildman–Crippen MR) is 88.9 cm³/mol. The summed E-state index contributed by atoms with van der Waals surface area (Å²) in [5.74, 6) is -0.212. The van der Waals surface area contributed by atoms with Crippen LogP contribution in [-0.4, -0.2) is 5.91 Å². The lowest BCUT2D eigenvalue weighted by Gasteiger charge is -2.09. The lowest BCUT2D eigenvalue weighted by atomic mass is 10.2. The lowest BCUT2D eigenvalue weighted by molar-refractivity contribution is 0.102. The summed E-state index contributed by atoms with van der Waals surface area (Å²) in [5, 5.41) is 3.38. The van der Waals surface area contributed by atoms with E-state index >= 15 is 0 Å². The molecule has 98 valence electrons. The van der Waals surface area contributed by atoms with Gasteiger partial charge in [-0.2, -0.15) is 0 Å². The molecule has 2 rings (SSSR count). The van der Waals surface area contributed by atoms with Crippen molar-refractivity contribution < 1.29 is 4.79 Å². The normalized spacial score (nSPS) is 10.3. The number of benzene rings is 2. The Bertz CT molecular complexity index is 646. The van der Waals surface area contributed by atoms with Crippen LogP contribution in [-0.2, 0) is 0 Å². The summed E-state index contributed by atoms with van der Waals surface area (Å²) in [6, 6.07) is 10.6. The number of hydrogen-bond acceptors (Lipinski definition) is 1. The maximum atomic E-state index is 12.2. The maximum absolute atomic E-state index is 12.2. The summed E-state index contributed by atoms with van der Waals surface area (Å²) in [5.41, 5.74) is 1.17. The molecule has 2 aromatic rings. The molecule has 0 saturated carbocycles. The molecular formula is C13H7Br3ClNO. The topological polar surface area (TPSA) is 29.1 Å². The molecule has 0 aromatic heterocycles. The third-order valence-corrected chi connectivity index (χ3v) is 4.46. The molecule has 2 aromatic carbocycles. The number of anilines is 1. The second-order valence-electron chi connectivity index (χ2n) is 3.70. The maximum Gasteiger partial charge on any atom is 0.256 e. The minimum absolute atomic E-state index is 0.212. The second-order valence-corrected chi connectivity index (χ2v) is 6.76. The fourth-order valence-corrected chi connectivity index (χ4v) is 2.76. The van der Waals surface area contributed by atoms with Gasteiger partial charge >= 0.3 is 0 Å². The zero-order chi connectivity index (χ0) is 14.0. The van der Waals surface area contributed by atoms with Gasteiger partial charge in [0.2, 0.25) is 0 Å². The zero-order valence-corrected chi connectivity index (χ0v) is 14.9. The number of halogens is 4. The van der Waals surface area contributed by atoms with E-state index in [2.05, 4.69) is 53.1 Å². The molecule has 0 heterocycles. The van der Waals surface area contributed by atoms with Gasteiger partial charge in [0.1, 0.15) is 0 Å². The molecule has 0 fully saturated rings. The van der Waals surface area contributed by atoms with E-state index in [4.69, 9.17) is 11.6 Å². The van der Waals surface area contributed by atoms with Crippen molar-refractivity contribution in [3.63, 3.8) is 0 Å². The summed E-state index contributed by atoms with van der Waals surface area (Å²) >= 11 is 16.0. The van der Waals surface area contributed by atoms with E-state index in [1.54, 1.807) is 24.3 Å². The van der Waals surface area contributed by atoms with Crippen LogP contribution in [0.4, 0.5) is 5.69 Å². The Balaban J connectivity index is 2.30. The quantitative estimate of drug-likeness (QED) is 0.586. The summed E-state index contributed by atoms with van der Waals surface area (Å²) in [7, 11) is 0. The minimum atomic E-state index is -0.212. The van der Waals surface area contributed by atoms with Crippen LogP contribution in [0.15, 0.2) is 49.8 Å². The number of nitrogens with one attached hydrogen (secondary N) is 1. The van der Waals surface area contributed by atoms with E-state index in [0.717, 1.165) is 13.4 Å². The average Bonchev–Trinajstić information content (AvgIpc) is 2.36. The Morgan fingerprint density at radius 3 is 2.42 bits per heavy atom. The van der Waals surface area contributed by atoms with Gasteiger partial charge in [-0.15, -0.1) is 0 Å². The van der Waals surface area contributed by atoms with Gasteiger partial charge in [0.05, 0.1) is 11.3 Å². The molecule has 0 atom stereocenters. The molecular weight excluding hydrogens is 461 g/mol. The molecule has 19 heavy (non-hydrogen) atoms.